The van der Waals surface area contributed by atoms with E-state index >= 15 is 0 Å². The molecule has 76 valence electrons. The van der Waals surface area contributed by atoms with Crippen molar-refractivity contribution in [3.8, 4) is 0 Å². The highest BCUT2D eigenvalue weighted by Gasteiger charge is 2.41. The molecule has 0 aliphatic heterocycles. The Kier molecular flexibility index (Phi) is 2.87. The fourth-order valence-corrected chi connectivity index (χ4v) is 2.67. The maximum atomic E-state index is 5.96. The summed E-state index contributed by atoms with van der Waals surface area (Å²) in [6, 6.07) is 6.23. The summed E-state index contributed by atoms with van der Waals surface area (Å²) in [5.74, 6) is 1.23. The van der Waals surface area contributed by atoms with E-state index < -0.39 is 0 Å². The first kappa shape index (κ1) is 10.5. The van der Waals surface area contributed by atoms with Gasteiger partial charge in [0.2, 0.25) is 0 Å². The lowest BCUT2D eigenvalue weighted by Crippen LogP contribution is -2.18. The lowest BCUT2D eigenvalue weighted by Gasteiger charge is -2.06. The number of halogens is 2. The predicted molar refractivity (Wildman–Crippen MR) is 63.6 cm³/mol. The van der Waals surface area contributed by atoms with Crippen molar-refractivity contribution < 1.29 is 0 Å². The van der Waals surface area contributed by atoms with Crippen LogP contribution >= 0.6 is 27.5 Å². The van der Waals surface area contributed by atoms with Gasteiger partial charge >= 0.3 is 0 Å². The molecule has 0 aromatic heterocycles. The molecular formula is C11H13BrClN. The highest BCUT2D eigenvalue weighted by molar-refractivity contribution is 9.10. The second-order valence-electron chi connectivity index (χ2n) is 4.03. The zero-order valence-electron chi connectivity index (χ0n) is 8.00. The van der Waals surface area contributed by atoms with Gasteiger partial charge in [-0.2, -0.15) is 0 Å². The first-order valence-electron chi connectivity index (χ1n) is 4.80. The van der Waals surface area contributed by atoms with Crippen molar-refractivity contribution >= 4 is 27.5 Å². The minimum Gasteiger partial charge on any atom is -0.328 e. The molecular weight excluding hydrogens is 261 g/mol. The summed E-state index contributed by atoms with van der Waals surface area (Å²) in [5.41, 5.74) is 7.17. The summed E-state index contributed by atoms with van der Waals surface area (Å²) >= 11 is 9.51. The smallest absolute Gasteiger partial charge is 0.0409 e. The Balaban J connectivity index is 2.22. The van der Waals surface area contributed by atoms with Gasteiger partial charge < -0.3 is 5.73 Å². The Labute approximate surface area is 97.8 Å². The maximum absolute atomic E-state index is 5.96. The van der Waals surface area contributed by atoms with E-state index in [0.29, 0.717) is 11.8 Å². The van der Waals surface area contributed by atoms with E-state index in [2.05, 4.69) is 22.9 Å². The average molecular weight is 275 g/mol. The summed E-state index contributed by atoms with van der Waals surface area (Å²) in [7, 11) is 0. The normalized spacial score (nSPS) is 27.4. The van der Waals surface area contributed by atoms with Crippen molar-refractivity contribution in [3.05, 3.63) is 33.3 Å². The molecule has 1 aromatic carbocycles. The van der Waals surface area contributed by atoms with Crippen LogP contribution in [0.3, 0.4) is 0 Å². The van der Waals surface area contributed by atoms with Crippen LogP contribution in [0.1, 0.15) is 24.8 Å². The number of hydrogen-bond acceptors (Lipinski definition) is 1. The molecule has 2 rings (SSSR count). The molecule has 1 aromatic rings. The number of benzene rings is 1. The van der Waals surface area contributed by atoms with Gasteiger partial charge in [-0.05, 0) is 48.9 Å². The molecule has 14 heavy (non-hydrogen) atoms. The quantitative estimate of drug-likeness (QED) is 0.877. The summed E-state index contributed by atoms with van der Waals surface area (Å²) in [6.07, 6.45) is 1.19. The molecule has 2 N–H and O–H groups in total. The van der Waals surface area contributed by atoms with Gasteiger partial charge in [0.25, 0.3) is 0 Å². The number of nitrogens with two attached hydrogens (primary N) is 1. The van der Waals surface area contributed by atoms with E-state index in [1.165, 1.54) is 12.0 Å². The van der Waals surface area contributed by atoms with Crippen LogP contribution in [0.5, 0.6) is 0 Å². The van der Waals surface area contributed by atoms with Crippen LogP contribution in [0.4, 0.5) is 0 Å². The monoisotopic (exact) mass is 273 g/mol. The van der Waals surface area contributed by atoms with Crippen LogP contribution in [0, 0.1) is 5.92 Å². The molecule has 0 radical (unpaired) electrons. The number of hydrogen-bond donors (Lipinski definition) is 1. The molecule has 0 amide bonds. The van der Waals surface area contributed by atoms with Gasteiger partial charge in [0, 0.05) is 15.5 Å². The lowest BCUT2D eigenvalue weighted by atomic mass is 10.1. The van der Waals surface area contributed by atoms with E-state index in [9.17, 15) is 0 Å². The third-order valence-corrected chi connectivity index (χ3v) is 3.83. The minimum absolute atomic E-state index is 0.283. The zero-order chi connectivity index (χ0) is 10.3. The van der Waals surface area contributed by atoms with E-state index in [0.717, 1.165) is 9.50 Å². The highest BCUT2D eigenvalue weighted by Crippen LogP contribution is 2.51. The van der Waals surface area contributed by atoms with E-state index in [1.807, 2.05) is 18.2 Å². The average Bonchev–Trinajstić information content (AvgIpc) is 2.88. The Morgan fingerprint density at radius 2 is 2.29 bits per heavy atom. The third-order valence-electron chi connectivity index (χ3n) is 2.87. The van der Waals surface area contributed by atoms with E-state index in [4.69, 9.17) is 17.3 Å². The van der Waals surface area contributed by atoms with Crippen LogP contribution < -0.4 is 5.73 Å². The molecule has 0 bridgehead atoms. The van der Waals surface area contributed by atoms with Gasteiger partial charge in [-0.3, -0.25) is 0 Å². The molecule has 3 atom stereocenters. The largest absolute Gasteiger partial charge is 0.328 e. The SMILES string of the molecule is CC(N)C1CC1c1cc(Cl)ccc1Br. The molecule has 3 heteroatoms. The molecule has 1 fully saturated rings. The fraction of sp³-hybridized carbons (Fsp3) is 0.455. The standard InChI is InChI=1S/C11H13BrClN/c1-6(14)8-5-9(8)10-4-7(13)2-3-11(10)12/h2-4,6,8-9H,5,14H2,1H3. The molecule has 0 saturated heterocycles. The predicted octanol–water partition coefficient (Wildman–Crippen LogP) is 3.55. The van der Waals surface area contributed by atoms with Gasteiger partial charge in [0.1, 0.15) is 0 Å². The van der Waals surface area contributed by atoms with Crippen molar-refractivity contribution in [3.63, 3.8) is 0 Å². The summed E-state index contributed by atoms with van der Waals surface area (Å²) < 4.78 is 1.15. The molecule has 1 aliphatic carbocycles. The first-order chi connectivity index (χ1) is 6.59. The zero-order valence-corrected chi connectivity index (χ0v) is 10.3. The Morgan fingerprint density at radius 3 is 2.86 bits per heavy atom. The topological polar surface area (TPSA) is 26.0 Å². The van der Waals surface area contributed by atoms with Crippen LogP contribution in [0.15, 0.2) is 22.7 Å². The van der Waals surface area contributed by atoms with Crippen molar-refractivity contribution in [1.29, 1.82) is 0 Å². The van der Waals surface area contributed by atoms with Crippen molar-refractivity contribution in [2.24, 2.45) is 11.7 Å². The Morgan fingerprint density at radius 1 is 1.57 bits per heavy atom. The number of rotatable bonds is 2. The minimum atomic E-state index is 0.283. The second kappa shape index (κ2) is 3.84. The van der Waals surface area contributed by atoms with Crippen LogP contribution in [0.2, 0.25) is 5.02 Å². The molecule has 1 nitrogen and oxygen atoms in total. The Bertz CT molecular complexity index is 351. The molecule has 3 unspecified atom stereocenters. The molecule has 1 aliphatic rings. The van der Waals surface area contributed by atoms with Crippen LogP contribution in [-0.4, -0.2) is 6.04 Å². The van der Waals surface area contributed by atoms with Crippen molar-refractivity contribution in [2.75, 3.05) is 0 Å². The summed E-state index contributed by atoms with van der Waals surface area (Å²) in [5, 5.41) is 0.804. The van der Waals surface area contributed by atoms with Crippen molar-refractivity contribution in [2.45, 2.75) is 25.3 Å². The molecule has 1 saturated carbocycles. The summed E-state index contributed by atoms with van der Waals surface area (Å²) in [4.78, 5) is 0. The van der Waals surface area contributed by atoms with Crippen LogP contribution in [-0.2, 0) is 0 Å². The maximum Gasteiger partial charge on any atom is 0.0409 e. The van der Waals surface area contributed by atoms with E-state index in [1.54, 1.807) is 0 Å². The molecule has 0 spiro atoms. The summed E-state index contributed by atoms with van der Waals surface area (Å²) in [6.45, 7) is 2.07. The Hall–Kier alpha value is -0.0500. The van der Waals surface area contributed by atoms with Gasteiger partial charge in [-0.15, -0.1) is 0 Å². The van der Waals surface area contributed by atoms with Gasteiger partial charge in [0.05, 0.1) is 0 Å². The van der Waals surface area contributed by atoms with Gasteiger partial charge in [-0.25, -0.2) is 0 Å². The lowest BCUT2D eigenvalue weighted by molar-refractivity contribution is 0.631. The van der Waals surface area contributed by atoms with Crippen LogP contribution in [0.25, 0.3) is 0 Å². The fourth-order valence-electron chi connectivity index (χ4n) is 1.95. The first-order valence-corrected chi connectivity index (χ1v) is 5.97. The van der Waals surface area contributed by atoms with E-state index in [-0.39, 0.29) is 6.04 Å². The van der Waals surface area contributed by atoms with Gasteiger partial charge in [0.15, 0.2) is 0 Å². The second-order valence-corrected chi connectivity index (χ2v) is 5.32. The third kappa shape index (κ3) is 1.97. The molecule has 0 heterocycles. The van der Waals surface area contributed by atoms with Gasteiger partial charge in [-0.1, -0.05) is 27.5 Å². The van der Waals surface area contributed by atoms with Crippen molar-refractivity contribution in [1.82, 2.24) is 0 Å². The highest BCUT2D eigenvalue weighted by atomic mass is 79.9.